The number of carbonyl (C=O) groups excluding carboxylic acids is 1. The van der Waals surface area contributed by atoms with Crippen molar-refractivity contribution in [1.82, 2.24) is 20.2 Å². The van der Waals surface area contributed by atoms with Crippen LogP contribution in [-0.2, 0) is 16.8 Å². The van der Waals surface area contributed by atoms with Crippen molar-refractivity contribution in [2.24, 2.45) is 0 Å². The molecule has 2 amide bonds. The second kappa shape index (κ2) is 13.5. The van der Waals surface area contributed by atoms with Crippen molar-refractivity contribution >= 4 is 17.7 Å². The highest BCUT2D eigenvalue weighted by molar-refractivity contribution is 5.89. The monoisotopic (exact) mass is 625 g/mol. The minimum atomic E-state index is -5.08. The zero-order valence-corrected chi connectivity index (χ0v) is 23.9. The van der Waals surface area contributed by atoms with Crippen molar-refractivity contribution in [2.45, 2.75) is 55.9 Å². The molecular weight excluding hydrogens is 593 g/mol. The molecule has 238 valence electrons. The summed E-state index contributed by atoms with van der Waals surface area (Å²) in [7, 11) is 3.27. The third-order valence-corrected chi connectivity index (χ3v) is 8.01. The van der Waals surface area contributed by atoms with E-state index in [-0.39, 0.29) is 23.2 Å². The summed E-state index contributed by atoms with van der Waals surface area (Å²) < 4.78 is 69.6. The Morgan fingerprint density at radius 2 is 1.82 bits per heavy atom. The first-order valence-electron chi connectivity index (χ1n) is 13.6. The molecule has 3 atom stereocenters. The number of nitrogens with zero attached hydrogens (tertiary/aromatic N) is 2. The van der Waals surface area contributed by atoms with E-state index in [1.807, 2.05) is 12.3 Å². The maximum Gasteiger partial charge on any atom is 0.490 e. The number of alkyl halides is 3. The summed E-state index contributed by atoms with van der Waals surface area (Å²) in [4.78, 5) is 31.4. The van der Waals surface area contributed by atoms with E-state index in [2.05, 4.69) is 37.6 Å². The third-order valence-electron chi connectivity index (χ3n) is 8.01. The highest BCUT2D eigenvalue weighted by Crippen LogP contribution is 2.50. The predicted molar refractivity (Wildman–Crippen MR) is 148 cm³/mol. The highest BCUT2D eigenvalue weighted by Gasteiger charge is 2.51. The number of hydrogen-bond donors (Lipinski definition) is 4. The van der Waals surface area contributed by atoms with Crippen LogP contribution in [0.3, 0.4) is 0 Å². The summed E-state index contributed by atoms with van der Waals surface area (Å²) in [5.74, 6) is -3.33. The standard InChI is InChI=1S/C27H31F2N5O3.C2HF3O2/c1-36-23-6-3-17(11-24(23)37-2)27-8-7-19(33-26(35)32-18-4-5-21(28)22(29)12-18)13-25(27)34(10-9-27)15-20-14-30-16-31-20;3-2(4,5)1(6)7/h3-6,11-12,14,16,19,25H,7-10,13,15H2,1-2H3,(H,30,31)(H2,32,33,35);(H,6,7). The molecule has 10 nitrogen and oxygen atoms in total. The van der Waals surface area contributed by atoms with E-state index < -0.39 is 29.8 Å². The number of methoxy groups -OCH3 is 2. The highest BCUT2D eigenvalue weighted by atomic mass is 19.4. The van der Waals surface area contributed by atoms with Crippen LogP contribution in [0.15, 0.2) is 48.9 Å². The number of carbonyl (C=O) groups is 2. The Morgan fingerprint density at radius 1 is 1.09 bits per heavy atom. The number of likely N-dealkylation sites (tertiary alicyclic amines) is 1. The van der Waals surface area contributed by atoms with E-state index in [0.29, 0.717) is 11.5 Å². The van der Waals surface area contributed by atoms with Crippen LogP contribution in [0.5, 0.6) is 11.5 Å². The van der Waals surface area contributed by atoms with Gasteiger partial charge in [0.2, 0.25) is 0 Å². The van der Waals surface area contributed by atoms with Gasteiger partial charge >= 0.3 is 18.2 Å². The van der Waals surface area contributed by atoms with Gasteiger partial charge in [-0.15, -0.1) is 0 Å². The molecule has 15 heteroatoms. The molecule has 1 aliphatic heterocycles. The fourth-order valence-electron chi connectivity index (χ4n) is 5.96. The molecular formula is C29H32F5N5O5. The van der Waals surface area contributed by atoms with Gasteiger partial charge in [-0.05, 0) is 62.1 Å². The summed E-state index contributed by atoms with van der Waals surface area (Å²) in [6.07, 6.45) is 1.82. The van der Waals surface area contributed by atoms with Crippen LogP contribution in [-0.4, -0.2) is 71.0 Å². The number of imidazole rings is 1. The fourth-order valence-corrected chi connectivity index (χ4v) is 5.96. The van der Waals surface area contributed by atoms with Gasteiger partial charge in [-0.25, -0.2) is 23.4 Å². The topological polar surface area (TPSA) is 129 Å². The van der Waals surface area contributed by atoms with Gasteiger partial charge in [0.1, 0.15) is 0 Å². The normalized spacial score (nSPS) is 21.4. The van der Waals surface area contributed by atoms with E-state index in [4.69, 9.17) is 19.4 Å². The lowest BCUT2D eigenvalue weighted by molar-refractivity contribution is -0.192. The molecule has 2 heterocycles. The van der Waals surface area contributed by atoms with Gasteiger partial charge in [-0.3, -0.25) is 4.90 Å². The Labute approximate surface area is 249 Å². The zero-order chi connectivity index (χ0) is 32.1. The summed E-state index contributed by atoms with van der Waals surface area (Å²) in [5, 5.41) is 12.8. The Morgan fingerprint density at radius 3 is 2.43 bits per heavy atom. The summed E-state index contributed by atoms with van der Waals surface area (Å²) >= 11 is 0. The molecule has 0 bridgehead atoms. The van der Waals surface area contributed by atoms with E-state index in [1.54, 1.807) is 20.5 Å². The lowest BCUT2D eigenvalue weighted by Gasteiger charge is -2.45. The van der Waals surface area contributed by atoms with Gasteiger partial charge in [0, 0.05) is 47.7 Å². The number of carboxylic acid groups (broad SMARTS) is 1. The largest absolute Gasteiger partial charge is 0.493 e. The predicted octanol–water partition coefficient (Wildman–Crippen LogP) is 5.22. The van der Waals surface area contributed by atoms with Crippen molar-refractivity contribution in [2.75, 3.05) is 26.1 Å². The maximum atomic E-state index is 13.6. The molecule has 1 saturated heterocycles. The number of aromatic nitrogens is 2. The number of carboxylic acids is 1. The molecule has 3 aromatic rings. The number of nitrogens with one attached hydrogen (secondary N) is 3. The molecule has 1 aromatic heterocycles. The van der Waals surface area contributed by atoms with Gasteiger partial charge < -0.3 is 30.2 Å². The summed E-state index contributed by atoms with van der Waals surface area (Å²) in [6.45, 7) is 1.64. The molecule has 0 radical (unpaired) electrons. The van der Waals surface area contributed by atoms with Crippen LogP contribution in [0.25, 0.3) is 0 Å². The van der Waals surface area contributed by atoms with Crippen molar-refractivity contribution in [3.05, 3.63) is 71.8 Å². The molecule has 3 unspecified atom stereocenters. The minimum Gasteiger partial charge on any atom is -0.493 e. The molecule has 44 heavy (non-hydrogen) atoms. The van der Waals surface area contributed by atoms with Gasteiger partial charge in [0.05, 0.1) is 20.5 Å². The number of ether oxygens (including phenoxy) is 2. The van der Waals surface area contributed by atoms with Crippen molar-refractivity contribution in [1.29, 1.82) is 0 Å². The van der Waals surface area contributed by atoms with Crippen molar-refractivity contribution in [3.8, 4) is 11.5 Å². The van der Waals surface area contributed by atoms with E-state index in [0.717, 1.165) is 56.6 Å². The van der Waals surface area contributed by atoms with Gasteiger partial charge in [-0.2, -0.15) is 13.2 Å². The quantitative estimate of drug-likeness (QED) is 0.265. The van der Waals surface area contributed by atoms with Crippen LogP contribution >= 0.6 is 0 Å². The number of benzene rings is 2. The van der Waals surface area contributed by atoms with Crippen LogP contribution in [0.2, 0.25) is 0 Å². The smallest absolute Gasteiger partial charge is 0.490 e. The van der Waals surface area contributed by atoms with Crippen LogP contribution in [0, 0.1) is 11.6 Å². The number of urea groups is 1. The van der Waals surface area contributed by atoms with E-state index in [9.17, 15) is 26.7 Å². The molecule has 5 rings (SSSR count). The molecule has 2 fully saturated rings. The minimum absolute atomic E-state index is 0.0778. The van der Waals surface area contributed by atoms with E-state index >= 15 is 0 Å². The average Bonchev–Trinajstić information content (AvgIpc) is 3.63. The third kappa shape index (κ3) is 7.38. The number of halogens is 5. The lowest BCUT2D eigenvalue weighted by atomic mass is 9.65. The van der Waals surface area contributed by atoms with Crippen LogP contribution < -0.4 is 20.1 Å². The number of H-pyrrole nitrogens is 1. The number of amides is 2. The van der Waals surface area contributed by atoms with E-state index in [1.165, 1.54) is 11.6 Å². The number of aliphatic carboxylic acids is 1. The summed E-state index contributed by atoms with van der Waals surface area (Å²) in [5.41, 5.74) is 2.34. The Kier molecular flexibility index (Phi) is 9.97. The number of anilines is 1. The SMILES string of the molecule is COc1ccc(C23CCC(NC(=O)Nc4ccc(F)c(F)c4)CC2N(Cc2cnc[nH]2)CC3)cc1OC.O=C(O)C(F)(F)F. The van der Waals surface area contributed by atoms with Crippen LogP contribution in [0.4, 0.5) is 32.4 Å². The number of fused-ring (bicyclic) bond motifs is 1. The molecule has 1 aliphatic carbocycles. The first-order chi connectivity index (χ1) is 20.9. The number of rotatable bonds is 7. The molecule has 0 spiro atoms. The Balaban J connectivity index is 0.000000566. The Hall–Kier alpha value is -4.40. The average molecular weight is 626 g/mol. The van der Waals surface area contributed by atoms with Crippen molar-refractivity contribution < 1.29 is 46.1 Å². The molecule has 4 N–H and O–H groups in total. The van der Waals surface area contributed by atoms with Crippen LogP contribution in [0.1, 0.15) is 36.9 Å². The summed E-state index contributed by atoms with van der Waals surface area (Å²) in [6, 6.07) is 9.11. The van der Waals surface area contributed by atoms with Gasteiger partial charge in [0.25, 0.3) is 0 Å². The number of aromatic amines is 1. The lowest BCUT2D eigenvalue weighted by Crippen LogP contribution is -2.52. The first-order valence-corrected chi connectivity index (χ1v) is 13.6. The fraction of sp³-hybridized carbons (Fsp3) is 0.414. The van der Waals surface area contributed by atoms with Gasteiger partial charge in [0.15, 0.2) is 23.1 Å². The van der Waals surface area contributed by atoms with Crippen molar-refractivity contribution in [3.63, 3.8) is 0 Å². The molecule has 2 aromatic carbocycles. The zero-order valence-electron chi connectivity index (χ0n) is 23.9. The first kappa shape index (κ1) is 32.5. The molecule has 1 saturated carbocycles. The second-order valence-electron chi connectivity index (χ2n) is 10.5. The molecule has 2 aliphatic rings. The maximum absolute atomic E-state index is 13.6. The second-order valence-corrected chi connectivity index (χ2v) is 10.5. The Bertz CT molecular complexity index is 1450. The number of hydrogen-bond acceptors (Lipinski definition) is 6. The van der Waals surface area contributed by atoms with Gasteiger partial charge in [-0.1, -0.05) is 6.07 Å².